The summed E-state index contributed by atoms with van der Waals surface area (Å²) in [5.41, 5.74) is 3.51. The van der Waals surface area contributed by atoms with Crippen LogP contribution in [-0.4, -0.2) is 48.8 Å². The summed E-state index contributed by atoms with van der Waals surface area (Å²) < 4.78 is 0. The average molecular weight is 428 g/mol. The molecule has 2 heterocycles. The number of aryl methyl sites for hydroxylation is 2. The van der Waals surface area contributed by atoms with E-state index in [9.17, 15) is 14.4 Å². The zero-order valence-electron chi connectivity index (χ0n) is 17.4. The van der Waals surface area contributed by atoms with Crippen LogP contribution in [0.5, 0.6) is 0 Å². The number of imide groups is 1. The van der Waals surface area contributed by atoms with Gasteiger partial charge in [0, 0.05) is 24.7 Å². The summed E-state index contributed by atoms with van der Waals surface area (Å²) in [7, 11) is 1.90. The number of amides is 3. The molecule has 1 atom stereocenters. The Morgan fingerprint density at radius 2 is 1.77 bits per heavy atom. The third-order valence-corrected chi connectivity index (χ3v) is 5.86. The van der Waals surface area contributed by atoms with Gasteiger partial charge in [0.25, 0.3) is 17.7 Å². The highest BCUT2D eigenvalue weighted by Crippen LogP contribution is 2.32. The van der Waals surface area contributed by atoms with Gasteiger partial charge in [-0.15, -0.1) is 12.4 Å². The molecule has 4 rings (SSSR count). The topological polar surface area (TPSA) is 69.7 Å². The Kier molecular flexibility index (Phi) is 6.29. The van der Waals surface area contributed by atoms with Crippen molar-refractivity contribution in [1.82, 2.24) is 10.2 Å². The predicted molar refractivity (Wildman–Crippen MR) is 119 cm³/mol. The summed E-state index contributed by atoms with van der Waals surface area (Å²) in [6, 6.07) is 10.8. The molecule has 1 saturated heterocycles. The van der Waals surface area contributed by atoms with Crippen molar-refractivity contribution >= 4 is 35.8 Å². The number of nitrogens with one attached hydrogen (secondary N) is 1. The normalized spacial score (nSPS) is 18.3. The fourth-order valence-corrected chi connectivity index (χ4v) is 4.13. The van der Waals surface area contributed by atoms with Crippen LogP contribution in [0.15, 0.2) is 36.4 Å². The van der Waals surface area contributed by atoms with Crippen LogP contribution in [0.3, 0.4) is 0 Å². The number of halogens is 1. The molecule has 3 amide bonds. The van der Waals surface area contributed by atoms with Crippen molar-refractivity contribution in [3.63, 3.8) is 0 Å². The molecule has 0 spiro atoms. The van der Waals surface area contributed by atoms with E-state index >= 15 is 0 Å². The number of likely N-dealkylation sites (tertiary alicyclic amines) is 1. The lowest BCUT2D eigenvalue weighted by atomic mass is 10.0. The van der Waals surface area contributed by atoms with Gasteiger partial charge in [0.1, 0.15) is 0 Å². The van der Waals surface area contributed by atoms with Gasteiger partial charge in [0.05, 0.1) is 16.8 Å². The van der Waals surface area contributed by atoms with Crippen LogP contribution < -0.4 is 10.2 Å². The molecule has 0 radical (unpaired) electrons. The van der Waals surface area contributed by atoms with E-state index in [1.54, 1.807) is 18.2 Å². The number of hydrogen-bond donors (Lipinski definition) is 1. The van der Waals surface area contributed by atoms with Crippen LogP contribution in [0, 0.1) is 13.8 Å². The Labute approximate surface area is 182 Å². The van der Waals surface area contributed by atoms with Crippen LogP contribution in [0.25, 0.3) is 0 Å². The molecular formula is C23H26ClN3O3. The van der Waals surface area contributed by atoms with E-state index in [0.717, 1.165) is 24.0 Å². The number of hydrogen-bond acceptors (Lipinski definition) is 4. The van der Waals surface area contributed by atoms with Crippen molar-refractivity contribution < 1.29 is 14.4 Å². The first kappa shape index (κ1) is 22.0. The molecule has 1 unspecified atom stereocenters. The van der Waals surface area contributed by atoms with Crippen LogP contribution in [0.2, 0.25) is 0 Å². The number of piperidine rings is 1. The minimum Gasteiger partial charge on any atom is -0.337 e. The van der Waals surface area contributed by atoms with Gasteiger partial charge in [-0.25, -0.2) is 4.90 Å². The van der Waals surface area contributed by atoms with Gasteiger partial charge >= 0.3 is 0 Å². The number of anilines is 1. The van der Waals surface area contributed by atoms with E-state index < -0.39 is 0 Å². The van der Waals surface area contributed by atoms with Crippen LogP contribution in [-0.2, 0) is 0 Å². The smallest absolute Gasteiger partial charge is 0.266 e. The molecule has 0 aromatic heterocycles. The largest absolute Gasteiger partial charge is 0.337 e. The van der Waals surface area contributed by atoms with Gasteiger partial charge in [-0.1, -0.05) is 12.1 Å². The molecule has 2 aliphatic heterocycles. The summed E-state index contributed by atoms with van der Waals surface area (Å²) >= 11 is 0. The molecule has 30 heavy (non-hydrogen) atoms. The zero-order chi connectivity index (χ0) is 20.7. The summed E-state index contributed by atoms with van der Waals surface area (Å²) in [5.74, 6) is -0.816. The van der Waals surface area contributed by atoms with E-state index in [1.807, 2.05) is 44.0 Å². The Morgan fingerprint density at radius 1 is 1.03 bits per heavy atom. The van der Waals surface area contributed by atoms with E-state index in [4.69, 9.17) is 0 Å². The van der Waals surface area contributed by atoms with Gasteiger partial charge in [0.2, 0.25) is 0 Å². The van der Waals surface area contributed by atoms with Gasteiger partial charge in [0.15, 0.2) is 0 Å². The highest BCUT2D eigenvalue weighted by Gasteiger charge is 2.38. The molecule has 0 bridgehead atoms. The lowest BCUT2D eigenvalue weighted by Gasteiger charge is -2.32. The van der Waals surface area contributed by atoms with E-state index in [-0.39, 0.29) is 36.2 Å². The first-order chi connectivity index (χ1) is 13.9. The third-order valence-electron chi connectivity index (χ3n) is 5.86. The minimum atomic E-state index is -0.375. The van der Waals surface area contributed by atoms with Crippen LogP contribution >= 0.6 is 12.4 Å². The second-order valence-electron chi connectivity index (χ2n) is 7.88. The molecule has 1 fully saturated rings. The van der Waals surface area contributed by atoms with Crippen molar-refractivity contribution in [3.8, 4) is 0 Å². The molecule has 1 N–H and O–H groups in total. The monoisotopic (exact) mass is 427 g/mol. The second-order valence-corrected chi connectivity index (χ2v) is 7.88. The summed E-state index contributed by atoms with van der Waals surface area (Å²) in [6.45, 7) is 5.15. The maximum atomic E-state index is 13.1. The molecule has 2 aromatic carbocycles. The summed E-state index contributed by atoms with van der Waals surface area (Å²) in [6.07, 6.45) is 1.99. The Balaban J connectivity index is 0.00000256. The van der Waals surface area contributed by atoms with Gasteiger partial charge in [-0.3, -0.25) is 14.4 Å². The highest BCUT2D eigenvalue weighted by atomic mass is 35.5. The number of fused-ring (bicyclic) bond motifs is 1. The second kappa shape index (κ2) is 8.58. The Bertz CT molecular complexity index is 1020. The lowest BCUT2D eigenvalue weighted by Crippen LogP contribution is -2.47. The quantitative estimate of drug-likeness (QED) is 0.762. The molecule has 0 aliphatic carbocycles. The fraction of sp³-hybridized carbons (Fsp3) is 0.348. The van der Waals surface area contributed by atoms with Crippen molar-refractivity contribution in [1.29, 1.82) is 0 Å². The maximum Gasteiger partial charge on any atom is 0.266 e. The number of benzene rings is 2. The highest BCUT2D eigenvalue weighted by molar-refractivity contribution is 6.35. The number of rotatable bonds is 3. The van der Waals surface area contributed by atoms with Crippen LogP contribution in [0.1, 0.15) is 55.0 Å². The van der Waals surface area contributed by atoms with Gasteiger partial charge < -0.3 is 10.2 Å². The zero-order valence-corrected chi connectivity index (χ0v) is 18.2. The number of likely N-dealkylation sites (N-methyl/N-ethyl adjacent to an activating group) is 1. The molecule has 2 aliphatic rings. The Morgan fingerprint density at radius 3 is 2.50 bits per heavy atom. The van der Waals surface area contributed by atoms with Gasteiger partial charge in [-0.05, 0) is 69.1 Å². The van der Waals surface area contributed by atoms with Crippen molar-refractivity contribution in [2.24, 2.45) is 0 Å². The minimum absolute atomic E-state index is 0. The van der Waals surface area contributed by atoms with E-state index in [2.05, 4.69) is 5.32 Å². The molecule has 2 aromatic rings. The van der Waals surface area contributed by atoms with Crippen molar-refractivity contribution in [2.45, 2.75) is 32.7 Å². The van der Waals surface area contributed by atoms with Crippen molar-refractivity contribution in [2.75, 3.05) is 25.0 Å². The lowest BCUT2D eigenvalue weighted by molar-refractivity contribution is 0.0698. The SMILES string of the molecule is CNC1CCCN(C(=O)c2ccc3c(c2)C(=O)N(c2cc(C)ccc2C)C3=O)C1.Cl. The van der Waals surface area contributed by atoms with Gasteiger partial charge in [-0.2, -0.15) is 0 Å². The number of carbonyl (C=O) groups is 3. The summed E-state index contributed by atoms with van der Waals surface area (Å²) in [4.78, 5) is 42.1. The fourth-order valence-electron chi connectivity index (χ4n) is 4.13. The summed E-state index contributed by atoms with van der Waals surface area (Å²) in [5, 5.41) is 3.23. The molecule has 6 nitrogen and oxygen atoms in total. The molecular weight excluding hydrogens is 402 g/mol. The molecule has 0 saturated carbocycles. The van der Waals surface area contributed by atoms with Crippen molar-refractivity contribution in [3.05, 3.63) is 64.2 Å². The molecule has 158 valence electrons. The Hall–Kier alpha value is -2.70. The first-order valence-electron chi connectivity index (χ1n) is 9.97. The maximum absolute atomic E-state index is 13.1. The third kappa shape index (κ3) is 3.73. The molecule has 7 heteroatoms. The average Bonchev–Trinajstić information content (AvgIpc) is 2.99. The van der Waals surface area contributed by atoms with E-state index in [1.165, 1.54) is 4.90 Å². The predicted octanol–water partition coefficient (Wildman–Crippen LogP) is 3.35. The first-order valence-corrected chi connectivity index (χ1v) is 9.97. The number of carbonyl (C=O) groups excluding carboxylic acids is 3. The standard InChI is InChI=1S/C23H25N3O3.ClH/c1-14-6-7-15(2)20(11-14)26-22(28)18-9-8-16(12-19(18)23(26)29)21(27)25-10-4-5-17(13-25)24-3;/h6-9,11-12,17,24H,4-5,10,13H2,1-3H3;1H. The number of nitrogens with zero attached hydrogens (tertiary/aromatic N) is 2. The van der Waals surface area contributed by atoms with Crippen LogP contribution in [0.4, 0.5) is 5.69 Å². The van der Waals surface area contributed by atoms with E-state index in [0.29, 0.717) is 35.5 Å².